The normalized spacial score (nSPS) is 13.3. The van der Waals surface area contributed by atoms with E-state index in [9.17, 15) is 0 Å². The summed E-state index contributed by atoms with van der Waals surface area (Å²) in [7, 11) is 0. The summed E-state index contributed by atoms with van der Waals surface area (Å²) in [5.41, 5.74) is 14.3. The molecule has 0 saturated carbocycles. The van der Waals surface area contributed by atoms with Crippen LogP contribution < -0.4 is 4.90 Å². The maximum Gasteiger partial charge on any atom is 0.159 e. The van der Waals surface area contributed by atoms with Crippen LogP contribution in [0, 0.1) is 0 Å². The first-order chi connectivity index (χ1) is 27.5. The number of nitrogens with zero attached hydrogens (tertiary/aromatic N) is 1. The Kier molecular flexibility index (Phi) is 6.40. The number of para-hydroxylation sites is 1. The largest absolute Gasteiger partial charge is 0.455 e. The van der Waals surface area contributed by atoms with E-state index < -0.39 is 0 Å². The predicted molar refractivity (Wildman–Crippen MR) is 234 cm³/mol. The summed E-state index contributed by atoms with van der Waals surface area (Å²) in [6, 6.07) is 63.3. The van der Waals surface area contributed by atoms with Gasteiger partial charge >= 0.3 is 0 Å². The van der Waals surface area contributed by atoms with E-state index in [4.69, 9.17) is 8.83 Å². The Bertz CT molecular complexity index is 3400. The number of fused-ring (bicyclic) bond motifs is 13. The maximum absolute atomic E-state index is 6.94. The topological polar surface area (TPSA) is 29.5 Å². The van der Waals surface area contributed by atoms with E-state index in [1.807, 2.05) is 0 Å². The van der Waals surface area contributed by atoms with Crippen LogP contribution in [0.5, 0.6) is 0 Å². The molecule has 0 radical (unpaired) electrons. The van der Waals surface area contributed by atoms with Gasteiger partial charge in [-0.1, -0.05) is 141 Å². The second-order valence-corrected chi connectivity index (χ2v) is 15.6. The van der Waals surface area contributed by atoms with Gasteiger partial charge < -0.3 is 13.7 Å². The molecular weight excluding hydrogens is 683 g/mol. The number of anilines is 3. The average molecular weight is 718 g/mol. The van der Waals surface area contributed by atoms with Gasteiger partial charge in [0, 0.05) is 49.5 Å². The number of furan rings is 2. The highest BCUT2D eigenvalue weighted by Crippen LogP contribution is 2.52. The van der Waals surface area contributed by atoms with Gasteiger partial charge in [0.15, 0.2) is 5.58 Å². The highest BCUT2D eigenvalue weighted by atomic mass is 16.3. The molecule has 0 amide bonds. The molecule has 1 aliphatic carbocycles. The molecule has 11 aromatic rings. The molecule has 2 heterocycles. The number of rotatable bonds is 4. The van der Waals surface area contributed by atoms with Gasteiger partial charge in [0.05, 0.1) is 11.4 Å². The molecule has 0 atom stereocenters. The van der Waals surface area contributed by atoms with Crippen molar-refractivity contribution in [1.29, 1.82) is 0 Å². The minimum absolute atomic E-state index is 0.0587. The van der Waals surface area contributed by atoms with Crippen LogP contribution in [0.1, 0.15) is 25.0 Å². The van der Waals surface area contributed by atoms with E-state index >= 15 is 0 Å². The summed E-state index contributed by atoms with van der Waals surface area (Å²) >= 11 is 0. The standard InChI is InChI=1S/C53H35NO2/c1-53(2)45-18-8-7-15-44(45)49-37(16-9-19-46(49)53)34-21-25-35(26-22-34)54(36-27-30-40-42-28-23-32-11-3-5-13-38(32)50(42)55-48(40)31-36)47-20-10-17-41-43-29-24-33-12-4-6-14-39(33)51(43)56-52(41)47/h3-31H,1-2H3. The van der Waals surface area contributed by atoms with Crippen LogP contribution in [-0.4, -0.2) is 0 Å². The monoisotopic (exact) mass is 717 g/mol. The summed E-state index contributed by atoms with van der Waals surface area (Å²) in [6.07, 6.45) is 0. The molecule has 1 aliphatic rings. The highest BCUT2D eigenvalue weighted by molar-refractivity contribution is 6.18. The summed E-state index contributed by atoms with van der Waals surface area (Å²) in [5.74, 6) is 0. The van der Waals surface area contributed by atoms with Crippen LogP contribution in [0.15, 0.2) is 185 Å². The zero-order valence-corrected chi connectivity index (χ0v) is 31.0. The number of hydrogen-bond acceptors (Lipinski definition) is 3. The third kappa shape index (κ3) is 4.34. The van der Waals surface area contributed by atoms with Crippen molar-refractivity contribution < 1.29 is 8.83 Å². The van der Waals surface area contributed by atoms with Crippen LogP contribution in [-0.2, 0) is 5.41 Å². The first kappa shape index (κ1) is 31.3. The molecule has 264 valence electrons. The maximum atomic E-state index is 6.94. The molecule has 0 spiro atoms. The quantitative estimate of drug-likeness (QED) is 0.182. The summed E-state index contributed by atoms with van der Waals surface area (Å²) in [4.78, 5) is 2.31. The van der Waals surface area contributed by atoms with Crippen molar-refractivity contribution in [1.82, 2.24) is 0 Å². The molecule has 12 rings (SSSR count). The average Bonchev–Trinajstić information content (AvgIpc) is 3.90. The zero-order chi connectivity index (χ0) is 37.1. The molecule has 56 heavy (non-hydrogen) atoms. The minimum Gasteiger partial charge on any atom is -0.455 e. The van der Waals surface area contributed by atoms with Crippen molar-refractivity contribution in [2.24, 2.45) is 0 Å². The molecule has 3 heteroatoms. The molecule has 3 nitrogen and oxygen atoms in total. The fourth-order valence-electron chi connectivity index (χ4n) is 9.53. The molecule has 9 aromatic carbocycles. The van der Waals surface area contributed by atoms with E-state index in [1.165, 1.54) is 38.8 Å². The van der Waals surface area contributed by atoms with Gasteiger partial charge in [0.2, 0.25) is 0 Å². The summed E-state index contributed by atoms with van der Waals surface area (Å²) in [6.45, 7) is 4.68. The molecule has 0 aliphatic heterocycles. The van der Waals surface area contributed by atoms with Crippen LogP contribution in [0.2, 0.25) is 0 Å². The van der Waals surface area contributed by atoms with Crippen molar-refractivity contribution in [2.45, 2.75) is 19.3 Å². The second-order valence-electron chi connectivity index (χ2n) is 15.6. The van der Waals surface area contributed by atoms with Crippen LogP contribution >= 0.6 is 0 Å². The lowest BCUT2D eigenvalue weighted by atomic mass is 9.82. The fourth-order valence-corrected chi connectivity index (χ4v) is 9.53. The zero-order valence-electron chi connectivity index (χ0n) is 31.0. The predicted octanol–water partition coefficient (Wildman–Crippen LogP) is 15.2. The fraction of sp³-hybridized carbons (Fsp3) is 0.0566. The molecule has 0 fully saturated rings. The Labute approximate surface area is 323 Å². The van der Waals surface area contributed by atoms with E-state index in [-0.39, 0.29) is 5.41 Å². The lowest BCUT2D eigenvalue weighted by Crippen LogP contribution is -2.14. The smallest absolute Gasteiger partial charge is 0.159 e. The van der Waals surface area contributed by atoms with E-state index in [0.717, 1.165) is 77.1 Å². The van der Waals surface area contributed by atoms with Gasteiger partial charge in [-0.15, -0.1) is 0 Å². The van der Waals surface area contributed by atoms with Gasteiger partial charge in [-0.25, -0.2) is 0 Å². The Morgan fingerprint density at radius 3 is 1.77 bits per heavy atom. The Morgan fingerprint density at radius 2 is 0.982 bits per heavy atom. The Morgan fingerprint density at radius 1 is 0.411 bits per heavy atom. The third-order valence-electron chi connectivity index (χ3n) is 12.3. The highest BCUT2D eigenvalue weighted by Gasteiger charge is 2.36. The number of hydrogen-bond donors (Lipinski definition) is 0. The van der Waals surface area contributed by atoms with Gasteiger partial charge in [-0.05, 0) is 86.6 Å². The SMILES string of the molecule is CC1(C)c2ccccc2-c2c(-c3ccc(N(c4ccc5c(c4)oc4c6ccccc6ccc54)c4cccc5c4oc4c6ccccc6ccc54)cc3)cccc21. The van der Waals surface area contributed by atoms with E-state index in [1.54, 1.807) is 0 Å². The molecular formula is C53H35NO2. The van der Waals surface area contributed by atoms with Crippen LogP contribution in [0.25, 0.3) is 87.7 Å². The van der Waals surface area contributed by atoms with E-state index in [0.29, 0.717) is 0 Å². The molecule has 0 N–H and O–H groups in total. The second kappa shape index (κ2) is 11.5. The molecule has 0 bridgehead atoms. The third-order valence-corrected chi connectivity index (χ3v) is 12.3. The number of benzene rings is 9. The van der Waals surface area contributed by atoms with E-state index in [2.05, 4.69) is 195 Å². The van der Waals surface area contributed by atoms with Gasteiger partial charge in [-0.3, -0.25) is 0 Å². The van der Waals surface area contributed by atoms with Gasteiger partial charge in [-0.2, -0.15) is 0 Å². The lowest BCUT2D eigenvalue weighted by Gasteiger charge is -2.26. The van der Waals surface area contributed by atoms with Crippen LogP contribution in [0.4, 0.5) is 17.1 Å². The molecule has 2 aromatic heterocycles. The van der Waals surface area contributed by atoms with Crippen molar-refractivity contribution in [2.75, 3.05) is 4.90 Å². The summed E-state index contributed by atoms with van der Waals surface area (Å²) < 4.78 is 13.7. The minimum atomic E-state index is -0.0587. The van der Waals surface area contributed by atoms with Crippen molar-refractivity contribution in [3.63, 3.8) is 0 Å². The first-order valence-corrected chi connectivity index (χ1v) is 19.3. The first-order valence-electron chi connectivity index (χ1n) is 19.3. The van der Waals surface area contributed by atoms with Crippen molar-refractivity contribution >= 4 is 82.5 Å². The van der Waals surface area contributed by atoms with Crippen LogP contribution in [0.3, 0.4) is 0 Å². The van der Waals surface area contributed by atoms with Crippen molar-refractivity contribution in [3.8, 4) is 22.3 Å². The Hall–Kier alpha value is -7.10. The summed E-state index contributed by atoms with van der Waals surface area (Å²) in [5, 5.41) is 8.97. The molecule has 0 unspecified atom stereocenters. The Balaban J connectivity index is 1.07. The van der Waals surface area contributed by atoms with Crippen molar-refractivity contribution in [3.05, 3.63) is 187 Å². The lowest BCUT2D eigenvalue weighted by molar-refractivity contribution is 0.660. The van der Waals surface area contributed by atoms with Gasteiger partial charge in [0.1, 0.15) is 16.7 Å². The van der Waals surface area contributed by atoms with Gasteiger partial charge in [0.25, 0.3) is 0 Å². The molecule has 0 saturated heterocycles.